The molecule has 1 amide bonds. The minimum Gasteiger partial charge on any atom is -0.343 e. The zero-order valence-electron chi connectivity index (χ0n) is 11.8. The molecule has 0 aromatic carbocycles. The minimum atomic E-state index is -0.660. The maximum absolute atomic E-state index is 13.9. The van der Waals surface area contributed by atoms with E-state index in [1.165, 1.54) is 12.5 Å². The molecule has 1 aromatic rings. The highest BCUT2D eigenvalue weighted by Crippen LogP contribution is 2.26. The number of nitrogens with one attached hydrogen (secondary N) is 1. The SMILES string of the molecule is CC(NC(=O)C(F)=CC1CCCCC1)c1cccnc1. The maximum atomic E-state index is 13.9. The molecule has 1 fully saturated rings. The molecule has 0 spiro atoms. The molecule has 1 aliphatic rings. The molecule has 108 valence electrons. The van der Waals surface area contributed by atoms with Crippen LogP contribution in [0.15, 0.2) is 36.4 Å². The van der Waals surface area contributed by atoms with E-state index >= 15 is 0 Å². The van der Waals surface area contributed by atoms with Crippen molar-refractivity contribution >= 4 is 5.91 Å². The van der Waals surface area contributed by atoms with Gasteiger partial charge in [0.05, 0.1) is 6.04 Å². The molecule has 1 N–H and O–H groups in total. The number of hydrogen-bond donors (Lipinski definition) is 1. The van der Waals surface area contributed by atoms with Gasteiger partial charge in [-0.2, -0.15) is 0 Å². The summed E-state index contributed by atoms with van der Waals surface area (Å²) in [6.07, 6.45) is 10.3. The number of pyridine rings is 1. The van der Waals surface area contributed by atoms with Gasteiger partial charge in [0, 0.05) is 12.4 Å². The van der Waals surface area contributed by atoms with Crippen LogP contribution < -0.4 is 5.32 Å². The number of halogens is 1. The Labute approximate surface area is 119 Å². The highest BCUT2D eigenvalue weighted by Gasteiger charge is 2.17. The lowest BCUT2D eigenvalue weighted by atomic mass is 9.89. The number of rotatable bonds is 4. The molecule has 0 saturated heterocycles. The second-order valence-electron chi connectivity index (χ2n) is 5.39. The van der Waals surface area contributed by atoms with Crippen LogP contribution in [0.4, 0.5) is 4.39 Å². The molecule has 0 radical (unpaired) electrons. The lowest BCUT2D eigenvalue weighted by Crippen LogP contribution is -2.27. The van der Waals surface area contributed by atoms with Crippen LogP contribution >= 0.6 is 0 Å². The minimum absolute atomic E-state index is 0.211. The van der Waals surface area contributed by atoms with Gasteiger partial charge in [-0.1, -0.05) is 25.3 Å². The van der Waals surface area contributed by atoms with Gasteiger partial charge in [-0.3, -0.25) is 9.78 Å². The average Bonchev–Trinajstić information content (AvgIpc) is 2.49. The van der Waals surface area contributed by atoms with Crippen LogP contribution in [0.5, 0.6) is 0 Å². The van der Waals surface area contributed by atoms with Gasteiger partial charge in [0.15, 0.2) is 5.83 Å². The van der Waals surface area contributed by atoms with Gasteiger partial charge in [-0.25, -0.2) is 4.39 Å². The second kappa shape index (κ2) is 7.17. The smallest absolute Gasteiger partial charge is 0.280 e. The molecule has 0 bridgehead atoms. The molecular weight excluding hydrogens is 255 g/mol. The number of carbonyl (C=O) groups excluding carboxylic acids is 1. The maximum Gasteiger partial charge on any atom is 0.280 e. The quantitative estimate of drug-likeness (QED) is 0.852. The Morgan fingerprint density at radius 3 is 2.85 bits per heavy atom. The monoisotopic (exact) mass is 276 g/mol. The van der Waals surface area contributed by atoms with E-state index in [9.17, 15) is 9.18 Å². The Morgan fingerprint density at radius 1 is 1.45 bits per heavy atom. The van der Waals surface area contributed by atoms with E-state index in [4.69, 9.17) is 0 Å². The average molecular weight is 276 g/mol. The van der Waals surface area contributed by atoms with E-state index in [1.54, 1.807) is 18.5 Å². The number of allylic oxidation sites excluding steroid dienone is 1. The van der Waals surface area contributed by atoms with E-state index in [2.05, 4.69) is 10.3 Å². The highest BCUT2D eigenvalue weighted by atomic mass is 19.1. The highest BCUT2D eigenvalue weighted by molar-refractivity contribution is 5.91. The fraction of sp³-hybridized carbons (Fsp3) is 0.500. The first-order chi connectivity index (χ1) is 9.66. The first kappa shape index (κ1) is 14.7. The molecule has 0 aliphatic heterocycles. The van der Waals surface area contributed by atoms with Crippen molar-refractivity contribution in [3.8, 4) is 0 Å². The summed E-state index contributed by atoms with van der Waals surface area (Å²) < 4.78 is 13.9. The van der Waals surface area contributed by atoms with E-state index in [1.807, 2.05) is 13.0 Å². The Hall–Kier alpha value is -1.71. The van der Waals surface area contributed by atoms with Crippen LogP contribution in [-0.2, 0) is 4.79 Å². The Morgan fingerprint density at radius 2 is 2.20 bits per heavy atom. The third-order valence-corrected chi connectivity index (χ3v) is 3.78. The first-order valence-electron chi connectivity index (χ1n) is 7.25. The van der Waals surface area contributed by atoms with E-state index in [-0.39, 0.29) is 12.0 Å². The lowest BCUT2D eigenvalue weighted by Gasteiger charge is -2.18. The van der Waals surface area contributed by atoms with Crippen molar-refractivity contribution in [2.24, 2.45) is 5.92 Å². The van der Waals surface area contributed by atoms with Crippen LogP contribution in [0.3, 0.4) is 0 Å². The van der Waals surface area contributed by atoms with Gasteiger partial charge in [-0.15, -0.1) is 0 Å². The molecule has 1 unspecified atom stereocenters. The number of carbonyl (C=O) groups is 1. The normalized spacial score (nSPS) is 18.6. The van der Waals surface area contributed by atoms with Crippen LogP contribution in [0, 0.1) is 5.92 Å². The van der Waals surface area contributed by atoms with E-state index in [0.29, 0.717) is 0 Å². The van der Waals surface area contributed by atoms with Gasteiger partial charge >= 0.3 is 0 Å². The summed E-state index contributed by atoms with van der Waals surface area (Å²) in [5.41, 5.74) is 0.867. The summed E-state index contributed by atoms with van der Waals surface area (Å²) >= 11 is 0. The van der Waals surface area contributed by atoms with Gasteiger partial charge in [0.25, 0.3) is 5.91 Å². The summed E-state index contributed by atoms with van der Waals surface area (Å²) in [6.45, 7) is 1.82. The van der Waals surface area contributed by atoms with Gasteiger partial charge in [0.2, 0.25) is 0 Å². The Balaban J connectivity index is 1.92. The van der Waals surface area contributed by atoms with Crippen molar-refractivity contribution < 1.29 is 9.18 Å². The predicted octanol–water partition coefficient (Wildman–Crippen LogP) is 3.69. The third kappa shape index (κ3) is 4.15. The topological polar surface area (TPSA) is 42.0 Å². The number of amides is 1. The molecule has 2 rings (SSSR count). The van der Waals surface area contributed by atoms with Crippen LogP contribution in [0.1, 0.15) is 50.6 Å². The molecule has 1 heterocycles. The fourth-order valence-electron chi connectivity index (χ4n) is 2.56. The summed E-state index contributed by atoms with van der Waals surface area (Å²) in [5, 5.41) is 2.66. The summed E-state index contributed by atoms with van der Waals surface area (Å²) in [6, 6.07) is 3.41. The molecule has 1 aliphatic carbocycles. The van der Waals surface area contributed by atoms with Crippen molar-refractivity contribution in [1.82, 2.24) is 10.3 Å². The largest absolute Gasteiger partial charge is 0.343 e. The lowest BCUT2D eigenvalue weighted by molar-refractivity contribution is -0.119. The van der Waals surface area contributed by atoms with Crippen LogP contribution in [-0.4, -0.2) is 10.9 Å². The standard InChI is InChI=1S/C16H21FN2O/c1-12(14-8-5-9-18-11-14)19-16(20)15(17)10-13-6-3-2-4-7-13/h5,8-13H,2-4,6-7H2,1H3,(H,19,20). The van der Waals surface area contributed by atoms with Crippen molar-refractivity contribution in [3.05, 3.63) is 42.0 Å². The Kier molecular flexibility index (Phi) is 5.27. The number of hydrogen-bond acceptors (Lipinski definition) is 2. The molecule has 4 heteroatoms. The zero-order valence-corrected chi connectivity index (χ0v) is 11.8. The molecule has 1 saturated carbocycles. The van der Waals surface area contributed by atoms with E-state index < -0.39 is 11.7 Å². The predicted molar refractivity (Wildman–Crippen MR) is 76.6 cm³/mol. The van der Waals surface area contributed by atoms with Gasteiger partial charge in [0.1, 0.15) is 0 Å². The van der Waals surface area contributed by atoms with Crippen molar-refractivity contribution in [3.63, 3.8) is 0 Å². The number of aromatic nitrogens is 1. The van der Waals surface area contributed by atoms with E-state index in [0.717, 1.165) is 31.2 Å². The second-order valence-corrected chi connectivity index (χ2v) is 5.39. The van der Waals surface area contributed by atoms with Gasteiger partial charge < -0.3 is 5.32 Å². The first-order valence-corrected chi connectivity index (χ1v) is 7.25. The number of nitrogens with zero attached hydrogens (tertiary/aromatic N) is 1. The fourth-order valence-corrected chi connectivity index (χ4v) is 2.56. The van der Waals surface area contributed by atoms with Gasteiger partial charge in [-0.05, 0) is 43.4 Å². The summed E-state index contributed by atoms with van der Waals surface area (Å²) in [4.78, 5) is 15.8. The summed E-state index contributed by atoms with van der Waals surface area (Å²) in [7, 11) is 0. The molecule has 1 atom stereocenters. The molecule has 3 nitrogen and oxygen atoms in total. The van der Waals surface area contributed by atoms with Crippen molar-refractivity contribution in [1.29, 1.82) is 0 Å². The third-order valence-electron chi connectivity index (χ3n) is 3.78. The molecule has 20 heavy (non-hydrogen) atoms. The molecular formula is C16H21FN2O. The van der Waals surface area contributed by atoms with Crippen LogP contribution in [0.25, 0.3) is 0 Å². The molecule has 1 aromatic heterocycles. The van der Waals surface area contributed by atoms with Crippen LogP contribution in [0.2, 0.25) is 0 Å². The van der Waals surface area contributed by atoms with Crippen molar-refractivity contribution in [2.75, 3.05) is 0 Å². The Bertz CT molecular complexity index is 467. The van der Waals surface area contributed by atoms with Crippen molar-refractivity contribution in [2.45, 2.75) is 45.1 Å². The zero-order chi connectivity index (χ0) is 14.4. The summed E-state index contributed by atoms with van der Waals surface area (Å²) in [5.74, 6) is -1.08.